The van der Waals surface area contributed by atoms with Gasteiger partial charge < -0.3 is 14.9 Å². The molecule has 1 heterocycles. The molecule has 0 aromatic carbocycles. The van der Waals surface area contributed by atoms with Crippen LogP contribution < -0.4 is 0 Å². The molecule has 4 nitrogen and oxygen atoms in total. The third-order valence-electron chi connectivity index (χ3n) is 14.7. The minimum atomic E-state index is -0.711. The molecule has 7 fully saturated rings. The summed E-state index contributed by atoms with van der Waals surface area (Å²) in [5.74, 6) is 1.47. The highest BCUT2D eigenvalue weighted by atomic mass is 16.6. The van der Waals surface area contributed by atoms with Gasteiger partial charge in [-0.1, -0.05) is 41.5 Å². The van der Waals surface area contributed by atoms with Crippen LogP contribution in [-0.2, 0) is 9.53 Å². The number of ether oxygens (including phenoxy) is 1. The molecule has 1 saturated heterocycles. The predicted molar refractivity (Wildman–Crippen MR) is 125 cm³/mol. The monoisotopic (exact) mass is 456 g/mol. The summed E-state index contributed by atoms with van der Waals surface area (Å²) in [7, 11) is 0. The summed E-state index contributed by atoms with van der Waals surface area (Å²) >= 11 is 0. The van der Waals surface area contributed by atoms with Gasteiger partial charge in [0.25, 0.3) is 0 Å². The summed E-state index contributed by atoms with van der Waals surface area (Å²) in [4.78, 5) is 13.7. The Kier molecular flexibility index (Phi) is 3.63. The molecule has 12 atom stereocenters. The second-order valence-electron chi connectivity index (χ2n) is 15.4. The average molecular weight is 457 g/mol. The molecular weight excluding hydrogens is 412 g/mol. The number of hydrogen-bond donors (Lipinski definition) is 2. The summed E-state index contributed by atoms with van der Waals surface area (Å²) < 4.78 is 6.60. The normalized spacial score (nSPS) is 66.4. The van der Waals surface area contributed by atoms with Crippen molar-refractivity contribution in [2.75, 3.05) is 0 Å². The molecule has 0 radical (unpaired) electrons. The Morgan fingerprint density at radius 3 is 2.24 bits per heavy atom. The van der Waals surface area contributed by atoms with Gasteiger partial charge in [0.2, 0.25) is 0 Å². The molecule has 33 heavy (non-hydrogen) atoms. The van der Waals surface area contributed by atoms with Gasteiger partial charge in [0.1, 0.15) is 5.60 Å². The first kappa shape index (κ1) is 21.7. The van der Waals surface area contributed by atoms with E-state index in [4.69, 9.17) is 4.74 Å². The van der Waals surface area contributed by atoms with E-state index in [1.54, 1.807) is 0 Å². The topological polar surface area (TPSA) is 66.8 Å². The van der Waals surface area contributed by atoms with Crippen LogP contribution in [0.5, 0.6) is 0 Å². The second-order valence-corrected chi connectivity index (χ2v) is 15.4. The van der Waals surface area contributed by atoms with Gasteiger partial charge in [-0.2, -0.15) is 0 Å². The number of rotatable bonds is 0. The zero-order valence-corrected chi connectivity index (χ0v) is 21.5. The van der Waals surface area contributed by atoms with E-state index in [9.17, 15) is 15.0 Å². The third kappa shape index (κ3) is 1.84. The second kappa shape index (κ2) is 5.53. The highest BCUT2D eigenvalue weighted by Crippen LogP contribution is 2.87. The Balaban J connectivity index is 1.40. The summed E-state index contributed by atoms with van der Waals surface area (Å²) in [6.07, 6.45) is 8.23. The van der Waals surface area contributed by atoms with Crippen molar-refractivity contribution < 1.29 is 19.7 Å². The molecule has 6 saturated carbocycles. The van der Waals surface area contributed by atoms with E-state index < -0.39 is 11.7 Å². The summed E-state index contributed by atoms with van der Waals surface area (Å²) in [6, 6.07) is 0. The molecule has 1 aliphatic heterocycles. The predicted octanol–water partition coefficient (Wildman–Crippen LogP) is 5.10. The fraction of sp³-hybridized carbons (Fsp3) is 0.966. The van der Waals surface area contributed by atoms with Crippen LogP contribution in [-0.4, -0.2) is 34.0 Å². The first-order valence-corrected chi connectivity index (χ1v) is 13.8. The number of aliphatic hydroxyl groups is 2. The lowest BCUT2D eigenvalue weighted by Crippen LogP contribution is -2.75. The molecule has 0 amide bonds. The van der Waals surface area contributed by atoms with Crippen molar-refractivity contribution in [1.29, 1.82) is 0 Å². The van der Waals surface area contributed by atoms with Crippen LogP contribution in [0.3, 0.4) is 0 Å². The largest absolute Gasteiger partial charge is 0.455 e. The summed E-state index contributed by atoms with van der Waals surface area (Å²) in [5, 5.41) is 23.0. The van der Waals surface area contributed by atoms with Crippen molar-refractivity contribution in [2.24, 2.45) is 56.2 Å². The van der Waals surface area contributed by atoms with E-state index >= 15 is 0 Å². The molecule has 7 aliphatic rings. The number of carbonyl (C=O) groups excluding carboxylic acids is 1. The lowest BCUT2D eigenvalue weighted by molar-refractivity contribution is -0.311. The van der Waals surface area contributed by atoms with Crippen LogP contribution >= 0.6 is 0 Å². The van der Waals surface area contributed by atoms with E-state index in [1.807, 2.05) is 0 Å². The maximum absolute atomic E-state index is 13.7. The Hall–Kier alpha value is -0.610. The number of hydrogen-bond acceptors (Lipinski definition) is 4. The SMILES string of the molecule is CC1(C)[C@@H](O)CC[C@@]2(C)[C@H]1CC[C@]1(C)[C@H]2C[C@H](O)[C@]23OC(=O)[C@]45CC[C@](C)(C[C@H]42)[C@@H]5C[C@]31C. The van der Waals surface area contributed by atoms with Crippen LogP contribution in [0.4, 0.5) is 0 Å². The smallest absolute Gasteiger partial charge is 0.313 e. The molecule has 7 rings (SSSR count). The van der Waals surface area contributed by atoms with Crippen molar-refractivity contribution >= 4 is 5.97 Å². The van der Waals surface area contributed by atoms with E-state index in [0.717, 1.165) is 57.8 Å². The number of esters is 1. The van der Waals surface area contributed by atoms with Gasteiger partial charge in [-0.3, -0.25) is 4.79 Å². The first-order chi connectivity index (χ1) is 15.2. The summed E-state index contributed by atoms with van der Waals surface area (Å²) in [6.45, 7) is 14.4. The Morgan fingerprint density at radius 2 is 1.52 bits per heavy atom. The molecule has 4 heteroatoms. The highest BCUT2D eigenvalue weighted by molar-refractivity contribution is 5.84. The van der Waals surface area contributed by atoms with E-state index in [-0.39, 0.29) is 50.5 Å². The molecule has 0 aromatic heterocycles. The standard InChI is InChI=1S/C29H44O4/c1-23(2)16-7-10-26(5)17(25(16,4)9-8-20(23)30)13-21(31)29-19-14-24(3)11-12-28(19,22(32)33-29)18(24)15-27(26,29)6/h16-21,30-31H,7-15H2,1-6H3/t16-,17-,18-,19+,20-,21-,24+,25-,26+,27-,28-,29+/m0/s1. The van der Waals surface area contributed by atoms with Crippen molar-refractivity contribution in [3.8, 4) is 0 Å². The maximum Gasteiger partial charge on any atom is 0.313 e. The van der Waals surface area contributed by atoms with Gasteiger partial charge in [0, 0.05) is 11.3 Å². The molecule has 0 unspecified atom stereocenters. The highest BCUT2D eigenvalue weighted by Gasteiger charge is 2.89. The molecule has 0 aromatic rings. The lowest BCUT2D eigenvalue weighted by atomic mass is 9.31. The van der Waals surface area contributed by atoms with Crippen LogP contribution in [0, 0.1) is 56.2 Å². The summed E-state index contributed by atoms with van der Waals surface area (Å²) in [5.41, 5.74) is -0.991. The fourth-order valence-corrected chi connectivity index (χ4v) is 13.0. The zero-order chi connectivity index (χ0) is 23.6. The van der Waals surface area contributed by atoms with Crippen molar-refractivity contribution in [2.45, 2.75) is 117 Å². The zero-order valence-electron chi connectivity index (χ0n) is 21.5. The van der Waals surface area contributed by atoms with Gasteiger partial charge >= 0.3 is 5.97 Å². The van der Waals surface area contributed by atoms with Crippen LogP contribution in [0.2, 0.25) is 0 Å². The minimum absolute atomic E-state index is 0.0265. The Labute approximate surface area is 199 Å². The first-order valence-electron chi connectivity index (χ1n) is 13.8. The molecular formula is C29H44O4. The number of aliphatic hydroxyl groups excluding tert-OH is 2. The maximum atomic E-state index is 13.7. The molecule has 184 valence electrons. The van der Waals surface area contributed by atoms with Gasteiger partial charge in [-0.25, -0.2) is 0 Å². The van der Waals surface area contributed by atoms with Crippen LogP contribution in [0.1, 0.15) is 99.3 Å². The van der Waals surface area contributed by atoms with Crippen LogP contribution in [0.25, 0.3) is 0 Å². The van der Waals surface area contributed by atoms with Gasteiger partial charge in [0.15, 0.2) is 0 Å². The Bertz CT molecular complexity index is 959. The molecule has 5 bridgehead atoms. The lowest BCUT2D eigenvalue weighted by Gasteiger charge is -2.74. The minimum Gasteiger partial charge on any atom is -0.455 e. The number of carbonyl (C=O) groups is 1. The van der Waals surface area contributed by atoms with Crippen molar-refractivity contribution in [3.63, 3.8) is 0 Å². The Morgan fingerprint density at radius 1 is 0.788 bits per heavy atom. The number of fused-ring (bicyclic) bond motifs is 4. The van der Waals surface area contributed by atoms with E-state index in [2.05, 4.69) is 41.5 Å². The molecule has 2 N–H and O–H groups in total. The van der Waals surface area contributed by atoms with Crippen molar-refractivity contribution in [1.82, 2.24) is 0 Å². The molecule has 2 spiro atoms. The van der Waals surface area contributed by atoms with Crippen LogP contribution in [0.15, 0.2) is 0 Å². The van der Waals surface area contributed by atoms with Gasteiger partial charge in [-0.15, -0.1) is 0 Å². The van der Waals surface area contributed by atoms with E-state index in [0.29, 0.717) is 17.8 Å². The average Bonchev–Trinajstić information content (AvgIpc) is 3.21. The van der Waals surface area contributed by atoms with Gasteiger partial charge in [-0.05, 0) is 97.2 Å². The fourth-order valence-electron chi connectivity index (χ4n) is 13.0. The third-order valence-corrected chi connectivity index (χ3v) is 14.7. The molecule has 6 aliphatic carbocycles. The quantitative estimate of drug-likeness (QED) is 0.498. The van der Waals surface area contributed by atoms with E-state index in [1.165, 1.54) is 0 Å². The van der Waals surface area contributed by atoms with Gasteiger partial charge in [0.05, 0.1) is 17.6 Å². The van der Waals surface area contributed by atoms with Crippen molar-refractivity contribution in [3.05, 3.63) is 0 Å².